The van der Waals surface area contributed by atoms with Crippen LogP contribution in [0.2, 0.25) is 0 Å². The van der Waals surface area contributed by atoms with E-state index in [1.807, 2.05) is 0 Å². The molecule has 2 rings (SSSR count). The summed E-state index contributed by atoms with van der Waals surface area (Å²) >= 11 is 0. The maximum absolute atomic E-state index is 13.3. The van der Waals surface area contributed by atoms with Crippen molar-refractivity contribution < 1.29 is 23.4 Å². The van der Waals surface area contributed by atoms with Gasteiger partial charge in [-0.15, -0.1) is 0 Å². The number of ether oxygens (including phenoxy) is 2. The Kier molecular flexibility index (Phi) is 4.04. The fraction of sp³-hybridized carbons (Fsp3) is 0.500. The van der Waals surface area contributed by atoms with Crippen molar-refractivity contribution in [3.05, 3.63) is 35.4 Å². The molecule has 1 aliphatic rings. The summed E-state index contributed by atoms with van der Waals surface area (Å²) < 4.78 is 36.9. The van der Waals surface area contributed by atoms with Crippen LogP contribution in [0.4, 0.5) is 8.78 Å². The Morgan fingerprint density at radius 2 is 1.82 bits per heavy atom. The van der Waals surface area contributed by atoms with Gasteiger partial charge in [0.05, 0.1) is 19.3 Å². The summed E-state index contributed by atoms with van der Waals surface area (Å²) in [5.74, 6) is -1.28. The summed E-state index contributed by atoms with van der Waals surface area (Å²) in [4.78, 5) is 0. The summed E-state index contributed by atoms with van der Waals surface area (Å²) in [6.07, 6.45) is -1.22. The number of hydrogen-bond donors (Lipinski definition) is 1. The number of halogens is 2. The second kappa shape index (κ2) is 5.53. The van der Waals surface area contributed by atoms with E-state index in [4.69, 9.17) is 9.47 Å². The normalized spacial score (nSPS) is 18.5. The van der Waals surface area contributed by atoms with Crippen LogP contribution in [-0.2, 0) is 15.9 Å². The smallest absolute Gasteiger partial charge is 0.160 e. The van der Waals surface area contributed by atoms with Gasteiger partial charge in [0.1, 0.15) is 11.6 Å². The first-order chi connectivity index (χ1) is 8.16. The molecule has 0 spiro atoms. The molecule has 1 atom stereocenters. The van der Waals surface area contributed by atoms with E-state index in [0.29, 0.717) is 13.2 Å². The molecule has 94 valence electrons. The van der Waals surface area contributed by atoms with Gasteiger partial charge < -0.3 is 14.6 Å². The lowest BCUT2D eigenvalue weighted by atomic mass is 10.0. The molecule has 3 nitrogen and oxygen atoms in total. The Hall–Kier alpha value is -1.04. The van der Waals surface area contributed by atoms with Crippen LogP contribution in [0.25, 0.3) is 0 Å². The van der Waals surface area contributed by atoms with Crippen LogP contribution in [0.5, 0.6) is 0 Å². The third-order valence-corrected chi connectivity index (χ3v) is 2.66. The van der Waals surface area contributed by atoms with E-state index in [2.05, 4.69) is 0 Å². The van der Waals surface area contributed by atoms with Crippen molar-refractivity contribution in [2.75, 3.05) is 13.2 Å². The highest BCUT2D eigenvalue weighted by Crippen LogP contribution is 2.18. The van der Waals surface area contributed by atoms with Gasteiger partial charge in [-0.1, -0.05) is 6.07 Å². The molecule has 0 radical (unpaired) electrons. The quantitative estimate of drug-likeness (QED) is 0.875. The van der Waals surface area contributed by atoms with Crippen molar-refractivity contribution >= 4 is 0 Å². The van der Waals surface area contributed by atoms with Gasteiger partial charge in [-0.05, 0) is 12.1 Å². The van der Waals surface area contributed by atoms with Crippen molar-refractivity contribution in [3.63, 3.8) is 0 Å². The molecule has 1 aromatic carbocycles. The van der Waals surface area contributed by atoms with Crippen LogP contribution in [0.1, 0.15) is 12.0 Å². The minimum atomic E-state index is -0.885. The summed E-state index contributed by atoms with van der Waals surface area (Å²) in [5, 5.41) is 9.72. The van der Waals surface area contributed by atoms with E-state index in [9.17, 15) is 13.9 Å². The van der Waals surface area contributed by atoms with Gasteiger partial charge in [0.15, 0.2) is 6.29 Å². The van der Waals surface area contributed by atoms with Gasteiger partial charge in [0.25, 0.3) is 0 Å². The molecule has 0 amide bonds. The summed E-state index contributed by atoms with van der Waals surface area (Å²) in [7, 11) is 0. The zero-order valence-electron chi connectivity index (χ0n) is 9.23. The number of aliphatic hydroxyl groups excluding tert-OH is 1. The summed E-state index contributed by atoms with van der Waals surface area (Å²) in [6, 6.07) is 3.64. The predicted octanol–water partition coefficient (Wildman–Crippen LogP) is 1.63. The Labute approximate surface area is 98.0 Å². The molecule has 5 heteroatoms. The molecular weight excluding hydrogens is 230 g/mol. The predicted molar refractivity (Wildman–Crippen MR) is 56.4 cm³/mol. The first-order valence-electron chi connectivity index (χ1n) is 5.51. The number of benzene rings is 1. The maximum atomic E-state index is 13.3. The maximum Gasteiger partial charge on any atom is 0.160 e. The largest absolute Gasteiger partial charge is 0.393 e. The SMILES string of the molecule is OC(Cc1c(F)cccc1F)CC1OCCO1. The summed E-state index contributed by atoms with van der Waals surface area (Å²) in [6.45, 7) is 0.983. The van der Waals surface area contributed by atoms with E-state index < -0.39 is 24.0 Å². The molecule has 1 saturated heterocycles. The molecule has 1 N–H and O–H groups in total. The van der Waals surface area contributed by atoms with Crippen molar-refractivity contribution in [2.45, 2.75) is 25.2 Å². The molecule has 1 aromatic rings. The van der Waals surface area contributed by atoms with E-state index in [1.165, 1.54) is 18.2 Å². The Morgan fingerprint density at radius 3 is 2.41 bits per heavy atom. The average molecular weight is 244 g/mol. The highest BCUT2D eigenvalue weighted by atomic mass is 19.1. The zero-order valence-corrected chi connectivity index (χ0v) is 9.23. The molecule has 1 aliphatic heterocycles. The van der Waals surface area contributed by atoms with Gasteiger partial charge in [-0.3, -0.25) is 0 Å². The topological polar surface area (TPSA) is 38.7 Å². The van der Waals surface area contributed by atoms with Crippen LogP contribution in [-0.4, -0.2) is 30.7 Å². The van der Waals surface area contributed by atoms with Crippen molar-refractivity contribution in [3.8, 4) is 0 Å². The fourth-order valence-corrected chi connectivity index (χ4v) is 1.81. The lowest BCUT2D eigenvalue weighted by Crippen LogP contribution is -2.21. The fourth-order valence-electron chi connectivity index (χ4n) is 1.81. The van der Waals surface area contributed by atoms with Gasteiger partial charge >= 0.3 is 0 Å². The van der Waals surface area contributed by atoms with E-state index in [1.54, 1.807) is 0 Å². The first-order valence-corrected chi connectivity index (χ1v) is 5.51. The second-order valence-electron chi connectivity index (χ2n) is 3.97. The number of hydrogen-bond acceptors (Lipinski definition) is 3. The molecule has 0 bridgehead atoms. The lowest BCUT2D eigenvalue weighted by molar-refractivity contribution is -0.0700. The Morgan fingerprint density at radius 1 is 1.24 bits per heavy atom. The highest BCUT2D eigenvalue weighted by Gasteiger charge is 2.22. The number of aliphatic hydroxyl groups is 1. The second-order valence-corrected chi connectivity index (χ2v) is 3.97. The third kappa shape index (κ3) is 3.21. The van der Waals surface area contributed by atoms with Crippen molar-refractivity contribution in [1.82, 2.24) is 0 Å². The van der Waals surface area contributed by atoms with Crippen LogP contribution < -0.4 is 0 Å². The van der Waals surface area contributed by atoms with Gasteiger partial charge in [0, 0.05) is 18.4 Å². The van der Waals surface area contributed by atoms with E-state index >= 15 is 0 Å². The monoisotopic (exact) mass is 244 g/mol. The van der Waals surface area contributed by atoms with E-state index in [0.717, 1.165) is 0 Å². The third-order valence-electron chi connectivity index (χ3n) is 2.66. The molecule has 1 heterocycles. The summed E-state index contributed by atoms with van der Waals surface area (Å²) in [5.41, 5.74) is -0.0991. The van der Waals surface area contributed by atoms with Crippen molar-refractivity contribution in [1.29, 1.82) is 0 Å². The zero-order chi connectivity index (χ0) is 12.3. The minimum Gasteiger partial charge on any atom is -0.393 e. The molecule has 17 heavy (non-hydrogen) atoms. The van der Waals surface area contributed by atoms with Crippen LogP contribution >= 0.6 is 0 Å². The van der Waals surface area contributed by atoms with Crippen LogP contribution in [0.15, 0.2) is 18.2 Å². The van der Waals surface area contributed by atoms with Gasteiger partial charge in [-0.2, -0.15) is 0 Å². The minimum absolute atomic E-state index is 0.0816. The standard InChI is InChI=1S/C12H14F2O3/c13-10-2-1-3-11(14)9(10)6-8(15)7-12-16-4-5-17-12/h1-3,8,12,15H,4-7H2. The Balaban J connectivity index is 1.95. The van der Waals surface area contributed by atoms with Gasteiger partial charge in [0.2, 0.25) is 0 Å². The number of rotatable bonds is 4. The van der Waals surface area contributed by atoms with Crippen LogP contribution in [0.3, 0.4) is 0 Å². The lowest BCUT2D eigenvalue weighted by Gasteiger charge is -2.15. The molecule has 0 saturated carbocycles. The highest BCUT2D eigenvalue weighted by molar-refractivity contribution is 5.20. The molecule has 0 aromatic heterocycles. The van der Waals surface area contributed by atoms with Crippen LogP contribution in [0, 0.1) is 11.6 Å². The Bertz CT molecular complexity index is 358. The van der Waals surface area contributed by atoms with Crippen molar-refractivity contribution in [2.24, 2.45) is 0 Å². The van der Waals surface area contributed by atoms with E-state index in [-0.39, 0.29) is 18.4 Å². The van der Waals surface area contributed by atoms with Gasteiger partial charge in [-0.25, -0.2) is 8.78 Å². The molecule has 1 unspecified atom stereocenters. The molecule has 1 fully saturated rings. The first kappa shape index (κ1) is 12.4. The molecular formula is C12H14F2O3. The average Bonchev–Trinajstić information content (AvgIpc) is 2.76. The molecule has 0 aliphatic carbocycles.